The molecule has 2 aromatic rings. The lowest BCUT2D eigenvalue weighted by atomic mass is 9.69. The molecule has 1 aliphatic carbocycles. The summed E-state index contributed by atoms with van der Waals surface area (Å²) in [6, 6.07) is 10.6. The number of nitrogens with one attached hydrogen (secondary N) is 2. The minimum absolute atomic E-state index is 0.0696. The second-order valence-corrected chi connectivity index (χ2v) is 12.1. The van der Waals surface area contributed by atoms with Crippen LogP contribution in [0.3, 0.4) is 0 Å². The van der Waals surface area contributed by atoms with E-state index >= 15 is 0 Å². The van der Waals surface area contributed by atoms with Crippen LogP contribution in [0.4, 0.5) is 17.6 Å². The summed E-state index contributed by atoms with van der Waals surface area (Å²) in [6.45, 7) is 7.33. The molecule has 37 heavy (non-hydrogen) atoms. The van der Waals surface area contributed by atoms with Gasteiger partial charge in [0, 0.05) is 49.2 Å². The fourth-order valence-corrected chi connectivity index (χ4v) is 6.61. The van der Waals surface area contributed by atoms with Crippen LogP contribution in [-0.2, 0) is 5.41 Å². The summed E-state index contributed by atoms with van der Waals surface area (Å²) in [4.78, 5) is 14.7. The highest BCUT2D eigenvalue weighted by Gasteiger charge is 2.34. The van der Waals surface area contributed by atoms with Crippen molar-refractivity contribution in [2.75, 3.05) is 47.8 Å². The summed E-state index contributed by atoms with van der Waals surface area (Å²) in [6.07, 6.45) is 12.3. The van der Waals surface area contributed by atoms with Crippen molar-refractivity contribution in [2.24, 2.45) is 5.92 Å². The van der Waals surface area contributed by atoms with E-state index in [2.05, 4.69) is 45.6 Å². The lowest BCUT2D eigenvalue weighted by Crippen LogP contribution is -2.43. The van der Waals surface area contributed by atoms with Gasteiger partial charge in [-0.05, 0) is 80.8 Å². The first kappa shape index (κ1) is 26.5. The second kappa shape index (κ2) is 12.2. The molecule has 2 aliphatic heterocycles. The van der Waals surface area contributed by atoms with Crippen molar-refractivity contribution < 1.29 is 0 Å². The van der Waals surface area contributed by atoms with Crippen molar-refractivity contribution in [2.45, 2.75) is 76.5 Å². The van der Waals surface area contributed by atoms with Gasteiger partial charge in [0.1, 0.15) is 11.6 Å². The predicted molar refractivity (Wildman–Crippen MR) is 159 cm³/mol. The Balaban J connectivity index is 1.32. The quantitative estimate of drug-likeness (QED) is 0.403. The molecular weight excluding hydrogens is 500 g/mol. The molecule has 3 fully saturated rings. The maximum absolute atomic E-state index is 6.19. The van der Waals surface area contributed by atoms with Crippen molar-refractivity contribution in [1.82, 2.24) is 15.3 Å². The van der Waals surface area contributed by atoms with E-state index in [0.717, 1.165) is 62.2 Å². The van der Waals surface area contributed by atoms with Crippen LogP contribution < -0.4 is 20.4 Å². The minimum Gasteiger partial charge on any atom is -0.361 e. The first-order valence-corrected chi connectivity index (χ1v) is 15.0. The van der Waals surface area contributed by atoms with Gasteiger partial charge in [0.25, 0.3) is 0 Å². The summed E-state index contributed by atoms with van der Waals surface area (Å²) in [5.74, 6) is 3.30. The summed E-state index contributed by atoms with van der Waals surface area (Å²) < 4.78 is 0. The maximum atomic E-state index is 6.19. The molecule has 200 valence electrons. The van der Waals surface area contributed by atoms with E-state index in [4.69, 9.17) is 33.8 Å². The molecule has 0 radical (unpaired) electrons. The number of halogens is 1. The zero-order chi connectivity index (χ0) is 25.7. The first-order valence-electron chi connectivity index (χ1n) is 14.2. The molecule has 1 saturated carbocycles. The third-order valence-electron chi connectivity index (χ3n) is 8.44. The number of hydrogen-bond donors (Lipinski definition) is 2. The number of thiocarbonyl (C=S) groups is 1. The maximum Gasteiger partial charge on any atom is 0.232 e. The largest absolute Gasteiger partial charge is 0.361 e. The van der Waals surface area contributed by atoms with Gasteiger partial charge in [-0.2, -0.15) is 9.97 Å². The third-order valence-corrected chi connectivity index (χ3v) is 8.94. The monoisotopic (exact) mass is 540 g/mol. The lowest BCUT2D eigenvalue weighted by molar-refractivity contribution is 0.292. The minimum atomic E-state index is 0.0696. The van der Waals surface area contributed by atoms with Crippen LogP contribution in [0.1, 0.15) is 76.7 Å². The molecule has 0 spiro atoms. The smallest absolute Gasteiger partial charge is 0.232 e. The van der Waals surface area contributed by atoms with Crippen LogP contribution in [0.5, 0.6) is 0 Å². The summed E-state index contributed by atoms with van der Waals surface area (Å²) >= 11 is 12.0. The molecule has 3 heterocycles. The Morgan fingerprint density at radius 3 is 2.30 bits per heavy atom. The summed E-state index contributed by atoms with van der Waals surface area (Å²) in [5.41, 5.74) is 1.41. The fraction of sp³-hybridized carbons (Fsp3) is 0.621. The Hall–Kier alpha value is -2.12. The zero-order valence-corrected chi connectivity index (χ0v) is 23.7. The number of piperidine rings is 2. The van der Waals surface area contributed by atoms with E-state index in [1.165, 1.54) is 56.9 Å². The third kappa shape index (κ3) is 6.66. The Morgan fingerprint density at radius 2 is 1.59 bits per heavy atom. The lowest BCUT2D eigenvalue weighted by Gasteiger charge is -2.38. The average molecular weight is 541 g/mol. The van der Waals surface area contributed by atoms with Gasteiger partial charge in [0.15, 0.2) is 5.11 Å². The van der Waals surface area contributed by atoms with Crippen LogP contribution in [0.15, 0.2) is 30.3 Å². The summed E-state index contributed by atoms with van der Waals surface area (Å²) in [7, 11) is 0. The molecular formula is C29H41ClN6S. The summed E-state index contributed by atoms with van der Waals surface area (Å²) in [5, 5.41) is 8.27. The first-order chi connectivity index (χ1) is 18.0. The Kier molecular flexibility index (Phi) is 8.71. The van der Waals surface area contributed by atoms with Crippen molar-refractivity contribution in [3.8, 4) is 0 Å². The topological polar surface area (TPSA) is 56.3 Å². The van der Waals surface area contributed by atoms with Crippen LogP contribution in [0.25, 0.3) is 0 Å². The molecule has 2 saturated heterocycles. The molecule has 3 aliphatic rings. The number of rotatable bonds is 6. The molecule has 0 bridgehead atoms. The number of benzene rings is 1. The van der Waals surface area contributed by atoms with Crippen LogP contribution in [0.2, 0.25) is 5.02 Å². The van der Waals surface area contributed by atoms with E-state index in [0.29, 0.717) is 17.0 Å². The van der Waals surface area contributed by atoms with Gasteiger partial charge < -0.3 is 20.4 Å². The number of anilines is 3. The van der Waals surface area contributed by atoms with Crippen molar-refractivity contribution in [3.05, 3.63) is 40.9 Å². The van der Waals surface area contributed by atoms with Crippen molar-refractivity contribution in [3.63, 3.8) is 0 Å². The van der Waals surface area contributed by atoms with Gasteiger partial charge in [-0.1, -0.05) is 49.9 Å². The van der Waals surface area contributed by atoms with Crippen LogP contribution in [-0.4, -0.2) is 47.8 Å². The highest BCUT2D eigenvalue weighted by Crippen LogP contribution is 2.39. The van der Waals surface area contributed by atoms with Crippen molar-refractivity contribution >= 4 is 46.5 Å². The standard InChI is InChI=1S/C29H41ClN6S/c1-22-9-8-18-36(20-22)26-19-25(35-16-6-3-7-17-35)32-27(33-26)34-28(37)31-21-29(14-4-2-5-15-29)23-10-12-24(30)13-11-23/h10-13,19,22H,2-9,14-18,20-21H2,1H3,(H2,31,32,33,34,37)/t22-/m0/s1. The van der Waals surface area contributed by atoms with Gasteiger partial charge in [-0.15, -0.1) is 0 Å². The van der Waals surface area contributed by atoms with Gasteiger partial charge in [-0.25, -0.2) is 0 Å². The highest BCUT2D eigenvalue weighted by atomic mass is 35.5. The highest BCUT2D eigenvalue weighted by molar-refractivity contribution is 7.80. The Bertz CT molecular complexity index is 1050. The average Bonchev–Trinajstić information content (AvgIpc) is 2.93. The van der Waals surface area contributed by atoms with Crippen LogP contribution >= 0.6 is 23.8 Å². The molecule has 1 aromatic heterocycles. The van der Waals surface area contributed by atoms with Crippen LogP contribution in [0, 0.1) is 5.92 Å². The van der Waals surface area contributed by atoms with E-state index < -0.39 is 0 Å². The second-order valence-electron chi connectivity index (χ2n) is 11.3. The van der Waals surface area contributed by atoms with Gasteiger partial charge in [0.2, 0.25) is 5.95 Å². The van der Waals surface area contributed by atoms with Gasteiger partial charge >= 0.3 is 0 Å². The van der Waals surface area contributed by atoms with Gasteiger partial charge in [-0.3, -0.25) is 0 Å². The molecule has 2 N–H and O–H groups in total. The Labute approximate surface area is 232 Å². The normalized spacial score (nSPS) is 21.9. The van der Waals surface area contributed by atoms with Gasteiger partial charge in [0.05, 0.1) is 0 Å². The van der Waals surface area contributed by atoms with E-state index in [9.17, 15) is 0 Å². The SMILES string of the molecule is C[C@H]1CCCN(c2cc(N3CCCCC3)nc(NC(=S)NCC3(c4ccc(Cl)cc4)CCCCC3)n2)C1. The van der Waals surface area contributed by atoms with E-state index in [1.807, 2.05) is 12.1 Å². The molecule has 1 atom stereocenters. The molecule has 0 unspecified atom stereocenters. The van der Waals surface area contributed by atoms with E-state index in [1.54, 1.807) is 0 Å². The molecule has 1 aromatic carbocycles. The molecule has 6 nitrogen and oxygen atoms in total. The fourth-order valence-electron chi connectivity index (χ4n) is 6.32. The Morgan fingerprint density at radius 1 is 0.946 bits per heavy atom. The predicted octanol–water partition coefficient (Wildman–Crippen LogP) is 6.55. The molecule has 5 rings (SSSR count). The molecule has 0 amide bonds. The number of aromatic nitrogens is 2. The number of nitrogens with zero attached hydrogens (tertiary/aromatic N) is 4. The molecule has 8 heteroatoms. The zero-order valence-electron chi connectivity index (χ0n) is 22.1. The van der Waals surface area contributed by atoms with E-state index in [-0.39, 0.29) is 5.41 Å². The number of hydrogen-bond acceptors (Lipinski definition) is 5. The van der Waals surface area contributed by atoms with Crippen molar-refractivity contribution in [1.29, 1.82) is 0 Å².